The summed E-state index contributed by atoms with van der Waals surface area (Å²) in [5, 5.41) is 3.59. The van der Waals surface area contributed by atoms with Crippen LogP contribution in [0, 0.1) is 6.92 Å². The van der Waals surface area contributed by atoms with Gasteiger partial charge >= 0.3 is 0 Å². The van der Waals surface area contributed by atoms with Gasteiger partial charge in [-0.05, 0) is 30.7 Å². The van der Waals surface area contributed by atoms with Crippen LogP contribution in [-0.2, 0) is 12.5 Å². The second kappa shape index (κ2) is 5.71. The monoisotopic (exact) mass is 287 g/mol. The smallest absolute Gasteiger partial charge is 0.140 e. The summed E-state index contributed by atoms with van der Waals surface area (Å²) in [6, 6.07) is 5.56. The molecule has 0 unspecified atom stereocenters. The van der Waals surface area contributed by atoms with Gasteiger partial charge in [-0.15, -0.1) is 22.9 Å². The van der Waals surface area contributed by atoms with Crippen LogP contribution < -0.4 is 4.74 Å². The highest BCUT2D eigenvalue weighted by Crippen LogP contribution is 2.23. The molecule has 1 aromatic heterocycles. The Hall–Kier alpha value is -0.770. The van der Waals surface area contributed by atoms with Crippen molar-refractivity contribution in [1.29, 1.82) is 0 Å². The van der Waals surface area contributed by atoms with Gasteiger partial charge in [-0.25, -0.2) is 4.98 Å². The van der Waals surface area contributed by atoms with Crippen molar-refractivity contribution in [3.8, 4) is 5.75 Å². The number of aromatic nitrogens is 1. The quantitative estimate of drug-likeness (QED) is 0.777. The zero-order valence-electron chi connectivity index (χ0n) is 9.24. The zero-order chi connectivity index (χ0) is 12.3. The van der Waals surface area contributed by atoms with E-state index in [1.807, 2.05) is 30.5 Å². The van der Waals surface area contributed by atoms with Crippen LogP contribution >= 0.6 is 34.5 Å². The van der Waals surface area contributed by atoms with E-state index in [2.05, 4.69) is 4.98 Å². The first-order valence-corrected chi connectivity index (χ1v) is 6.86. The van der Waals surface area contributed by atoms with E-state index in [-0.39, 0.29) is 0 Å². The van der Waals surface area contributed by atoms with Gasteiger partial charge in [0.15, 0.2) is 0 Å². The van der Waals surface area contributed by atoms with E-state index in [0.717, 1.165) is 22.0 Å². The zero-order valence-corrected chi connectivity index (χ0v) is 11.6. The summed E-state index contributed by atoms with van der Waals surface area (Å²) >= 11 is 13.1. The first-order chi connectivity index (χ1) is 8.19. The number of benzene rings is 1. The molecule has 0 amide bonds. The van der Waals surface area contributed by atoms with E-state index in [1.54, 1.807) is 11.3 Å². The van der Waals surface area contributed by atoms with E-state index >= 15 is 0 Å². The van der Waals surface area contributed by atoms with Crippen LogP contribution in [0.3, 0.4) is 0 Å². The number of rotatable bonds is 4. The van der Waals surface area contributed by atoms with Crippen LogP contribution in [0.2, 0.25) is 5.02 Å². The molecule has 17 heavy (non-hydrogen) atoms. The van der Waals surface area contributed by atoms with Crippen LogP contribution in [0.1, 0.15) is 16.3 Å². The third-order valence-electron chi connectivity index (χ3n) is 2.22. The van der Waals surface area contributed by atoms with Crippen LogP contribution in [-0.4, -0.2) is 4.98 Å². The molecule has 0 atom stereocenters. The molecule has 2 aromatic rings. The molecule has 0 radical (unpaired) electrons. The Kier molecular flexibility index (Phi) is 4.26. The topological polar surface area (TPSA) is 22.1 Å². The minimum absolute atomic E-state index is 0.441. The third kappa shape index (κ3) is 3.35. The standard InChI is InChI=1S/C12H11Cl2NOS/c1-8-4-9(14)2-3-11(8)16-6-12-15-10(5-13)7-17-12/h2-4,7H,5-6H2,1H3. The Morgan fingerprint density at radius 3 is 2.88 bits per heavy atom. The van der Waals surface area contributed by atoms with Crippen molar-refractivity contribution in [2.24, 2.45) is 0 Å². The summed E-state index contributed by atoms with van der Waals surface area (Å²) in [4.78, 5) is 4.33. The van der Waals surface area contributed by atoms with Gasteiger partial charge in [-0.1, -0.05) is 11.6 Å². The molecule has 0 fully saturated rings. The summed E-state index contributed by atoms with van der Waals surface area (Å²) in [6.45, 7) is 2.43. The summed E-state index contributed by atoms with van der Waals surface area (Å²) in [5.41, 5.74) is 1.91. The van der Waals surface area contributed by atoms with Crippen LogP contribution in [0.4, 0.5) is 0 Å². The second-order valence-electron chi connectivity index (χ2n) is 3.56. The van der Waals surface area contributed by atoms with Crippen molar-refractivity contribution in [3.63, 3.8) is 0 Å². The normalized spacial score (nSPS) is 10.5. The Morgan fingerprint density at radius 1 is 1.41 bits per heavy atom. The molecule has 2 rings (SSSR count). The summed E-state index contributed by atoms with van der Waals surface area (Å²) in [5.74, 6) is 1.27. The van der Waals surface area contributed by atoms with E-state index < -0.39 is 0 Å². The predicted molar refractivity (Wildman–Crippen MR) is 72.2 cm³/mol. The number of halogens is 2. The number of hydrogen-bond donors (Lipinski definition) is 0. The highest BCUT2D eigenvalue weighted by Gasteiger charge is 2.04. The van der Waals surface area contributed by atoms with Gasteiger partial charge in [0.2, 0.25) is 0 Å². The number of hydrogen-bond acceptors (Lipinski definition) is 3. The number of thiazole rings is 1. The number of aryl methyl sites for hydroxylation is 1. The molecule has 0 bridgehead atoms. The van der Waals surface area contributed by atoms with E-state index in [4.69, 9.17) is 27.9 Å². The molecule has 0 saturated carbocycles. The lowest BCUT2D eigenvalue weighted by atomic mass is 10.2. The maximum Gasteiger partial charge on any atom is 0.140 e. The lowest BCUT2D eigenvalue weighted by molar-refractivity contribution is 0.303. The van der Waals surface area contributed by atoms with Gasteiger partial charge in [0.05, 0.1) is 11.6 Å². The predicted octanol–water partition coefficient (Wildman–Crippen LogP) is 4.42. The number of alkyl halides is 1. The fraction of sp³-hybridized carbons (Fsp3) is 0.250. The molecule has 1 aromatic carbocycles. The van der Waals surface area contributed by atoms with Gasteiger partial charge in [0.1, 0.15) is 17.4 Å². The van der Waals surface area contributed by atoms with Crippen molar-refractivity contribution in [1.82, 2.24) is 4.98 Å². The summed E-state index contributed by atoms with van der Waals surface area (Å²) in [7, 11) is 0. The highest BCUT2D eigenvalue weighted by atomic mass is 35.5. The Morgan fingerprint density at radius 2 is 2.24 bits per heavy atom. The van der Waals surface area contributed by atoms with E-state index in [0.29, 0.717) is 17.5 Å². The van der Waals surface area contributed by atoms with E-state index in [1.165, 1.54) is 0 Å². The van der Waals surface area contributed by atoms with Crippen molar-refractivity contribution in [2.45, 2.75) is 19.4 Å². The molecule has 0 aliphatic heterocycles. The molecule has 0 saturated heterocycles. The van der Waals surface area contributed by atoms with Crippen molar-refractivity contribution in [2.75, 3.05) is 0 Å². The number of nitrogens with zero attached hydrogens (tertiary/aromatic N) is 1. The van der Waals surface area contributed by atoms with Gasteiger partial charge in [0.25, 0.3) is 0 Å². The van der Waals surface area contributed by atoms with Gasteiger partial charge < -0.3 is 4.74 Å². The highest BCUT2D eigenvalue weighted by molar-refractivity contribution is 7.09. The minimum atomic E-state index is 0.441. The van der Waals surface area contributed by atoms with Gasteiger partial charge in [0, 0.05) is 10.4 Å². The molecule has 0 aliphatic rings. The average Bonchev–Trinajstić information content (AvgIpc) is 2.76. The lowest BCUT2D eigenvalue weighted by Gasteiger charge is -2.07. The Balaban J connectivity index is 2.02. The first-order valence-electron chi connectivity index (χ1n) is 5.07. The molecular weight excluding hydrogens is 277 g/mol. The molecular formula is C12H11Cl2NOS. The summed E-state index contributed by atoms with van der Waals surface area (Å²) in [6.07, 6.45) is 0. The molecule has 90 valence electrons. The maximum atomic E-state index is 5.88. The van der Waals surface area contributed by atoms with Gasteiger partial charge in [-0.2, -0.15) is 0 Å². The Bertz CT molecular complexity index is 513. The second-order valence-corrected chi connectivity index (χ2v) is 5.21. The average molecular weight is 288 g/mol. The molecule has 0 spiro atoms. The third-order valence-corrected chi connectivity index (χ3v) is 3.60. The van der Waals surface area contributed by atoms with Gasteiger partial charge in [-0.3, -0.25) is 0 Å². The molecule has 5 heteroatoms. The fourth-order valence-corrected chi connectivity index (χ4v) is 2.55. The number of ether oxygens (including phenoxy) is 1. The van der Waals surface area contributed by atoms with Crippen molar-refractivity contribution >= 4 is 34.5 Å². The molecule has 0 aliphatic carbocycles. The maximum absolute atomic E-state index is 5.88. The largest absolute Gasteiger partial charge is 0.486 e. The first kappa shape index (κ1) is 12.7. The lowest BCUT2D eigenvalue weighted by Crippen LogP contribution is -1.96. The van der Waals surface area contributed by atoms with Crippen LogP contribution in [0.25, 0.3) is 0 Å². The van der Waals surface area contributed by atoms with Crippen molar-refractivity contribution in [3.05, 3.63) is 44.9 Å². The molecule has 1 heterocycles. The fourth-order valence-electron chi connectivity index (χ4n) is 1.39. The van der Waals surface area contributed by atoms with Crippen molar-refractivity contribution < 1.29 is 4.74 Å². The molecule has 0 N–H and O–H groups in total. The SMILES string of the molecule is Cc1cc(Cl)ccc1OCc1nc(CCl)cs1. The minimum Gasteiger partial charge on any atom is -0.486 e. The Labute approximate surface area is 114 Å². The van der Waals surface area contributed by atoms with Crippen LogP contribution in [0.15, 0.2) is 23.6 Å². The molecule has 2 nitrogen and oxygen atoms in total. The van der Waals surface area contributed by atoms with Crippen LogP contribution in [0.5, 0.6) is 5.75 Å². The summed E-state index contributed by atoms with van der Waals surface area (Å²) < 4.78 is 5.68. The van der Waals surface area contributed by atoms with E-state index in [9.17, 15) is 0 Å².